The molecule has 160 valence electrons. The molecule has 0 aliphatic heterocycles. The van der Waals surface area contributed by atoms with Gasteiger partial charge in [0.15, 0.2) is 11.7 Å². The summed E-state index contributed by atoms with van der Waals surface area (Å²) in [5.74, 6) is 2.05. The highest BCUT2D eigenvalue weighted by Gasteiger charge is 2.13. The summed E-state index contributed by atoms with van der Waals surface area (Å²) in [7, 11) is 0. The molecule has 0 aliphatic rings. The molecule has 0 spiro atoms. The number of benzene rings is 1. The van der Waals surface area contributed by atoms with Crippen LogP contribution in [0.15, 0.2) is 58.6 Å². The molecule has 7 nitrogen and oxygen atoms in total. The third-order valence-corrected chi connectivity index (χ3v) is 5.12. The maximum atomic E-state index is 5.50. The number of aromatic nitrogens is 3. The van der Waals surface area contributed by atoms with E-state index in [9.17, 15) is 0 Å². The lowest BCUT2D eigenvalue weighted by atomic mass is 9.99. The van der Waals surface area contributed by atoms with Crippen LogP contribution in [0, 0.1) is 0 Å². The second-order valence-corrected chi connectivity index (χ2v) is 7.33. The van der Waals surface area contributed by atoms with E-state index in [0.29, 0.717) is 19.0 Å². The molecular weight excluding hydrogens is 376 g/mol. The lowest BCUT2D eigenvalue weighted by Crippen LogP contribution is -2.36. The summed E-state index contributed by atoms with van der Waals surface area (Å²) < 4.78 is 7.55. The van der Waals surface area contributed by atoms with E-state index in [0.717, 1.165) is 48.9 Å². The predicted octanol–water partition coefficient (Wildman–Crippen LogP) is 4.08. The van der Waals surface area contributed by atoms with Gasteiger partial charge >= 0.3 is 0 Å². The van der Waals surface area contributed by atoms with E-state index < -0.39 is 0 Å². The molecule has 7 heteroatoms. The third kappa shape index (κ3) is 6.20. The van der Waals surface area contributed by atoms with Gasteiger partial charge < -0.3 is 19.7 Å². The van der Waals surface area contributed by atoms with Gasteiger partial charge in [-0.2, -0.15) is 0 Å². The monoisotopic (exact) mass is 408 g/mol. The molecule has 0 saturated carbocycles. The Labute approximate surface area is 178 Å². The number of hydrogen-bond acceptors (Lipinski definition) is 4. The molecule has 0 fully saturated rings. The SMILES string of the molecule is CCNC(=NCc1ccc(Cn2ccnc2)cc1)NCc1cc(C(CC)CC)no1. The van der Waals surface area contributed by atoms with Crippen molar-refractivity contribution in [2.75, 3.05) is 6.54 Å². The summed E-state index contributed by atoms with van der Waals surface area (Å²) in [6.07, 6.45) is 7.73. The molecule has 3 aromatic rings. The van der Waals surface area contributed by atoms with Crippen molar-refractivity contribution in [1.29, 1.82) is 0 Å². The first-order chi connectivity index (χ1) is 14.7. The molecule has 30 heavy (non-hydrogen) atoms. The molecule has 2 aromatic heterocycles. The van der Waals surface area contributed by atoms with Crippen molar-refractivity contribution >= 4 is 5.96 Å². The Morgan fingerprint density at radius 3 is 2.53 bits per heavy atom. The van der Waals surface area contributed by atoms with Crippen molar-refractivity contribution in [3.8, 4) is 0 Å². The zero-order valence-electron chi connectivity index (χ0n) is 18.1. The number of hydrogen-bond donors (Lipinski definition) is 2. The fourth-order valence-corrected chi connectivity index (χ4v) is 3.34. The summed E-state index contributed by atoms with van der Waals surface area (Å²) >= 11 is 0. The van der Waals surface area contributed by atoms with Crippen molar-refractivity contribution in [1.82, 2.24) is 25.3 Å². The molecule has 0 atom stereocenters. The van der Waals surface area contributed by atoms with Crippen LogP contribution in [0.4, 0.5) is 0 Å². The van der Waals surface area contributed by atoms with Crippen LogP contribution >= 0.6 is 0 Å². The second-order valence-electron chi connectivity index (χ2n) is 7.33. The van der Waals surface area contributed by atoms with E-state index in [2.05, 4.69) is 70.4 Å². The maximum Gasteiger partial charge on any atom is 0.191 e. The van der Waals surface area contributed by atoms with Gasteiger partial charge in [0.05, 0.1) is 25.1 Å². The highest BCUT2D eigenvalue weighted by atomic mass is 16.5. The number of aliphatic imine (C=N–C) groups is 1. The van der Waals surface area contributed by atoms with E-state index in [4.69, 9.17) is 9.52 Å². The molecule has 0 radical (unpaired) electrons. The predicted molar refractivity (Wildman–Crippen MR) is 119 cm³/mol. The first kappa shape index (κ1) is 21.6. The highest BCUT2D eigenvalue weighted by Crippen LogP contribution is 2.22. The minimum absolute atomic E-state index is 0.459. The molecule has 0 saturated heterocycles. The van der Waals surface area contributed by atoms with Gasteiger partial charge in [-0.1, -0.05) is 43.3 Å². The van der Waals surface area contributed by atoms with Crippen LogP contribution in [0.1, 0.15) is 62.1 Å². The standard InChI is InChI=1S/C23H32N6O/c1-4-20(5-2)22-13-21(30-28-22)15-27-23(25-6-3)26-14-18-7-9-19(10-8-18)16-29-12-11-24-17-29/h7-13,17,20H,4-6,14-16H2,1-3H3,(H2,25,26,27). The quantitative estimate of drug-likeness (QED) is 0.390. The van der Waals surface area contributed by atoms with Gasteiger partial charge in [0.1, 0.15) is 0 Å². The van der Waals surface area contributed by atoms with E-state index in [1.807, 2.05) is 18.6 Å². The minimum atomic E-state index is 0.459. The maximum absolute atomic E-state index is 5.50. The van der Waals surface area contributed by atoms with Crippen LogP contribution in [0.3, 0.4) is 0 Å². The molecule has 1 aromatic carbocycles. The molecular formula is C23H32N6O. The van der Waals surface area contributed by atoms with E-state index >= 15 is 0 Å². The average Bonchev–Trinajstić information content (AvgIpc) is 3.44. The van der Waals surface area contributed by atoms with E-state index in [-0.39, 0.29) is 0 Å². The fourth-order valence-electron chi connectivity index (χ4n) is 3.34. The summed E-state index contributed by atoms with van der Waals surface area (Å²) in [5.41, 5.74) is 3.44. The second kappa shape index (κ2) is 11.2. The molecule has 0 aliphatic carbocycles. The lowest BCUT2D eigenvalue weighted by molar-refractivity contribution is 0.368. The highest BCUT2D eigenvalue weighted by molar-refractivity contribution is 5.79. The van der Waals surface area contributed by atoms with Gasteiger partial charge in [-0.3, -0.25) is 0 Å². The van der Waals surface area contributed by atoms with Gasteiger partial charge in [-0.15, -0.1) is 0 Å². The normalized spacial score (nSPS) is 11.8. The van der Waals surface area contributed by atoms with Crippen molar-refractivity contribution in [2.24, 2.45) is 4.99 Å². The number of nitrogens with zero attached hydrogens (tertiary/aromatic N) is 4. The Morgan fingerprint density at radius 1 is 1.10 bits per heavy atom. The summed E-state index contributed by atoms with van der Waals surface area (Å²) in [5, 5.41) is 10.8. The average molecular weight is 409 g/mol. The summed E-state index contributed by atoms with van der Waals surface area (Å²) in [6, 6.07) is 10.6. The zero-order valence-corrected chi connectivity index (χ0v) is 18.1. The topological polar surface area (TPSA) is 80.3 Å². The Hall–Kier alpha value is -3.09. The van der Waals surface area contributed by atoms with Gasteiger partial charge in [0.25, 0.3) is 0 Å². The van der Waals surface area contributed by atoms with Gasteiger partial charge in [-0.05, 0) is 30.9 Å². The van der Waals surface area contributed by atoms with Crippen LogP contribution in [0.25, 0.3) is 0 Å². The van der Waals surface area contributed by atoms with Crippen LogP contribution in [0.5, 0.6) is 0 Å². The van der Waals surface area contributed by atoms with Crippen LogP contribution in [-0.2, 0) is 19.6 Å². The smallest absolute Gasteiger partial charge is 0.191 e. The molecule has 2 N–H and O–H groups in total. The third-order valence-electron chi connectivity index (χ3n) is 5.12. The molecule has 0 bridgehead atoms. The number of imidazole rings is 1. The molecule has 2 heterocycles. The summed E-state index contributed by atoms with van der Waals surface area (Å²) in [6.45, 7) is 9.21. The van der Waals surface area contributed by atoms with Crippen LogP contribution in [0.2, 0.25) is 0 Å². The first-order valence-electron chi connectivity index (χ1n) is 10.7. The van der Waals surface area contributed by atoms with Gasteiger partial charge in [-0.25, -0.2) is 9.98 Å². The Kier molecular flexibility index (Phi) is 8.06. The van der Waals surface area contributed by atoms with Crippen LogP contribution in [-0.4, -0.2) is 27.2 Å². The van der Waals surface area contributed by atoms with Crippen molar-refractivity contribution < 1.29 is 4.52 Å². The Balaban J connectivity index is 1.55. The summed E-state index contributed by atoms with van der Waals surface area (Å²) in [4.78, 5) is 8.78. The number of guanidine groups is 1. The lowest BCUT2D eigenvalue weighted by Gasteiger charge is -2.10. The number of rotatable bonds is 10. The van der Waals surface area contributed by atoms with E-state index in [1.54, 1.807) is 6.20 Å². The van der Waals surface area contributed by atoms with Gasteiger partial charge in [0.2, 0.25) is 0 Å². The van der Waals surface area contributed by atoms with Crippen molar-refractivity contribution in [3.63, 3.8) is 0 Å². The first-order valence-corrected chi connectivity index (χ1v) is 10.7. The molecule has 0 amide bonds. The Bertz CT molecular complexity index is 894. The van der Waals surface area contributed by atoms with Gasteiger partial charge in [0, 0.05) is 37.5 Å². The fraction of sp³-hybridized carbons (Fsp3) is 0.435. The number of nitrogens with one attached hydrogen (secondary N) is 2. The largest absolute Gasteiger partial charge is 0.359 e. The zero-order chi connectivity index (χ0) is 21.2. The molecule has 0 unspecified atom stereocenters. The minimum Gasteiger partial charge on any atom is -0.359 e. The Morgan fingerprint density at radius 2 is 1.87 bits per heavy atom. The van der Waals surface area contributed by atoms with E-state index in [1.165, 1.54) is 5.56 Å². The van der Waals surface area contributed by atoms with Crippen molar-refractivity contribution in [3.05, 3.63) is 71.6 Å². The molecule has 3 rings (SSSR count). The van der Waals surface area contributed by atoms with Crippen molar-refractivity contribution in [2.45, 2.75) is 59.2 Å². The van der Waals surface area contributed by atoms with Crippen LogP contribution < -0.4 is 10.6 Å².